The maximum atomic E-state index is 13.9. The van der Waals surface area contributed by atoms with Crippen molar-refractivity contribution in [3.8, 4) is 11.5 Å². The van der Waals surface area contributed by atoms with E-state index in [0.29, 0.717) is 28.0 Å². The van der Waals surface area contributed by atoms with Crippen molar-refractivity contribution in [2.24, 2.45) is 5.92 Å². The number of pyridine rings is 1. The number of hydrogen-bond acceptors (Lipinski definition) is 8. The van der Waals surface area contributed by atoms with Gasteiger partial charge in [-0.05, 0) is 73.1 Å². The summed E-state index contributed by atoms with van der Waals surface area (Å²) in [6.45, 7) is -2.78. The molecule has 1 aliphatic carbocycles. The predicted octanol–water partition coefficient (Wildman–Crippen LogP) is 5.22. The standard InChI is InChI=1S/C32H31Cl2F2N3O8S/c1-37-25-8-7-21(11-20(25)13-30(37)40)48(43,44)39-10-2-3-26(39)31(41)46-28(14-22-23(33)15-38(42)16-24(22)34)19-6-9-27(47-32(35)36)29(12-19)45-17-18-4-5-18/h6-9,11-12,15-16,18,26,28,32H,2-5,10,13-14,17H2,1H3/t26-,28-/m0/s1. The first-order valence-electron chi connectivity index (χ1n) is 15.2. The summed E-state index contributed by atoms with van der Waals surface area (Å²) in [7, 11) is -2.57. The van der Waals surface area contributed by atoms with Crippen molar-refractivity contribution in [3.63, 3.8) is 0 Å². The zero-order valence-electron chi connectivity index (χ0n) is 25.6. The minimum Gasteiger partial charge on any atom is -0.619 e. The number of aromatic nitrogens is 1. The Morgan fingerprint density at radius 3 is 2.50 bits per heavy atom. The molecule has 1 aromatic heterocycles. The van der Waals surface area contributed by atoms with E-state index in [0.717, 1.165) is 29.5 Å². The number of fused-ring (bicyclic) bond motifs is 1. The monoisotopic (exact) mass is 725 g/mol. The number of likely N-dealkylation sites (N-methyl/N-ethyl adjacent to an activating group) is 1. The summed E-state index contributed by atoms with van der Waals surface area (Å²) in [5, 5.41) is 11.9. The number of carbonyl (C=O) groups is 2. The normalized spacial score (nSPS) is 18.7. The molecule has 1 saturated heterocycles. The molecule has 0 bridgehead atoms. The second-order valence-corrected chi connectivity index (χ2v) is 14.7. The Bertz CT molecular complexity index is 1840. The second-order valence-electron chi connectivity index (χ2n) is 12.0. The maximum Gasteiger partial charge on any atom is 0.387 e. The highest BCUT2D eigenvalue weighted by Gasteiger charge is 2.42. The average molecular weight is 727 g/mol. The SMILES string of the molecule is CN1C(=O)Cc2cc(S(=O)(=O)N3CCC[C@H]3C(=O)O[C@@H](Cc3c(Cl)c[n+]([O-])cc3Cl)c3ccc(OC(F)F)c(OCC4CC4)c3)ccc21. The van der Waals surface area contributed by atoms with Crippen molar-refractivity contribution in [1.29, 1.82) is 0 Å². The van der Waals surface area contributed by atoms with E-state index in [1.807, 2.05) is 0 Å². The molecule has 0 unspecified atom stereocenters. The van der Waals surface area contributed by atoms with Gasteiger partial charge in [-0.1, -0.05) is 29.3 Å². The molecule has 2 aromatic carbocycles. The smallest absolute Gasteiger partial charge is 0.387 e. The van der Waals surface area contributed by atoms with Gasteiger partial charge >= 0.3 is 12.6 Å². The van der Waals surface area contributed by atoms with Crippen LogP contribution in [0.1, 0.15) is 48.5 Å². The van der Waals surface area contributed by atoms with Crippen LogP contribution in [-0.2, 0) is 37.2 Å². The van der Waals surface area contributed by atoms with Crippen LogP contribution >= 0.6 is 23.2 Å². The first kappa shape index (κ1) is 34.2. The molecule has 0 radical (unpaired) electrons. The molecule has 2 fully saturated rings. The molecule has 6 rings (SSSR count). The van der Waals surface area contributed by atoms with Gasteiger partial charge in [0.2, 0.25) is 15.9 Å². The molecule has 16 heteroatoms. The van der Waals surface area contributed by atoms with Gasteiger partial charge in [0.05, 0.1) is 17.9 Å². The maximum absolute atomic E-state index is 13.9. The third-order valence-electron chi connectivity index (χ3n) is 8.64. The Hall–Kier alpha value is -3.72. The van der Waals surface area contributed by atoms with Crippen LogP contribution in [0.3, 0.4) is 0 Å². The third kappa shape index (κ3) is 7.16. The van der Waals surface area contributed by atoms with Crippen molar-refractivity contribution in [1.82, 2.24) is 4.31 Å². The van der Waals surface area contributed by atoms with Gasteiger partial charge in [0.15, 0.2) is 23.9 Å². The van der Waals surface area contributed by atoms with Gasteiger partial charge < -0.3 is 24.3 Å². The van der Waals surface area contributed by atoms with E-state index >= 15 is 0 Å². The van der Waals surface area contributed by atoms with Crippen LogP contribution in [0.5, 0.6) is 11.5 Å². The second kappa shape index (κ2) is 13.7. The minimum absolute atomic E-state index is 0.00721. The average Bonchev–Trinajstić information content (AvgIpc) is 3.63. The number of sulfonamides is 1. The molecule has 3 heterocycles. The molecule has 3 aliphatic rings. The molecule has 2 aliphatic heterocycles. The van der Waals surface area contributed by atoms with Gasteiger partial charge in [0.1, 0.15) is 22.2 Å². The van der Waals surface area contributed by atoms with E-state index in [1.165, 1.54) is 35.2 Å². The van der Waals surface area contributed by atoms with Crippen LogP contribution in [0.2, 0.25) is 10.0 Å². The van der Waals surface area contributed by atoms with Crippen LogP contribution in [0.15, 0.2) is 53.7 Å². The fraction of sp³-hybridized carbons (Fsp3) is 0.406. The van der Waals surface area contributed by atoms with Gasteiger partial charge in [0, 0.05) is 31.3 Å². The first-order chi connectivity index (χ1) is 22.8. The van der Waals surface area contributed by atoms with Crippen LogP contribution in [-0.4, -0.2) is 57.5 Å². The summed E-state index contributed by atoms with van der Waals surface area (Å²) in [5.74, 6) is -0.934. The van der Waals surface area contributed by atoms with E-state index < -0.39 is 34.7 Å². The molecule has 3 aromatic rings. The summed E-state index contributed by atoms with van der Waals surface area (Å²) in [6, 6.07) is 7.34. The summed E-state index contributed by atoms with van der Waals surface area (Å²) in [4.78, 5) is 27.5. The number of nitrogens with zero attached hydrogens (tertiary/aromatic N) is 3. The number of amides is 1. The molecule has 2 atom stereocenters. The Morgan fingerprint density at radius 1 is 1.08 bits per heavy atom. The van der Waals surface area contributed by atoms with Crippen molar-refractivity contribution >= 4 is 50.8 Å². The third-order valence-corrected chi connectivity index (χ3v) is 11.2. The molecular formula is C32H31Cl2F2N3O8S. The number of carbonyl (C=O) groups excluding carboxylic acids is 2. The quantitative estimate of drug-likeness (QED) is 0.141. The lowest BCUT2D eigenvalue weighted by atomic mass is 10.0. The molecule has 1 saturated carbocycles. The predicted molar refractivity (Wildman–Crippen MR) is 170 cm³/mol. The molecule has 11 nitrogen and oxygen atoms in total. The lowest BCUT2D eigenvalue weighted by Gasteiger charge is -2.26. The Morgan fingerprint density at radius 2 is 1.81 bits per heavy atom. The van der Waals surface area contributed by atoms with Crippen molar-refractivity contribution in [3.05, 3.63) is 80.7 Å². The molecule has 0 N–H and O–H groups in total. The van der Waals surface area contributed by atoms with Crippen molar-refractivity contribution in [2.45, 2.75) is 62.2 Å². The van der Waals surface area contributed by atoms with E-state index in [1.54, 1.807) is 13.1 Å². The number of alkyl halides is 2. The summed E-state index contributed by atoms with van der Waals surface area (Å²) in [6.07, 6.45) is 3.36. The molecular weight excluding hydrogens is 695 g/mol. The number of halogens is 4. The topological polar surface area (TPSA) is 129 Å². The van der Waals surface area contributed by atoms with Gasteiger partial charge in [0.25, 0.3) is 0 Å². The fourth-order valence-corrected chi connectivity index (χ4v) is 8.18. The van der Waals surface area contributed by atoms with Gasteiger partial charge in [-0.3, -0.25) is 9.59 Å². The lowest BCUT2D eigenvalue weighted by Crippen LogP contribution is -2.41. The molecule has 48 heavy (non-hydrogen) atoms. The summed E-state index contributed by atoms with van der Waals surface area (Å²) < 4.78 is 72.1. The largest absolute Gasteiger partial charge is 0.619 e. The number of ether oxygens (including phenoxy) is 3. The van der Waals surface area contributed by atoms with Gasteiger partial charge in [-0.2, -0.15) is 17.8 Å². The molecule has 0 spiro atoms. The summed E-state index contributed by atoms with van der Waals surface area (Å²) in [5.41, 5.74) is 1.76. The van der Waals surface area contributed by atoms with E-state index in [9.17, 15) is 32.0 Å². The Kier molecular flexibility index (Phi) is 9.71. The number of esters is 1. The van der Waals surface area contributed by atoms with Gasteiger partial charge in [-0.15, -0.1) is 0 Å². The zero-order valence-corrected chi connectivity index (χ0v) is 27.9. The zero-order chi connectivity index (χ0) is 34.3. The number of benzene rings is 2. The fourth-order valence-electron chi connectivity index (χ4n) is 5.89. The highest BCUT2D eigenvalue weighted by atomic mass is 35.5. The number of rotatable bonds is 12. The number of hydrogen-bond donors (Lipinski definition) is 0. The number of anilines is 1. The van der Waals surface area contributed by atoms with Crippen LogP contribution < -0.4 is 19.1 Å². The molecule has 1 amide bonds. The molecule has 256 valence electrons. The summed E-state index contributed by atoms with van der Waals surface area (Å²) >= 11 is 12.7. The minimum atomic E-state index is -4.19. The van der Waals surface area contributed by atoms with Gasteiger partial charge in [-0.25, -0.2) is 8.42 Å². The lowest BCUT2D eigenvalue weighted by molar-refractivity contribution is -0.605. The highest BCUT2D eigenvalue weighted by molar-refractivity contribution is 7.89. The van der Waals surface area contributed by atoms with Crippen molar-refractivity contribution in [2.75, 3.05) is 25.1 Å². The van der Waals surface area contributed by atoms with E-state index in [2.05, 4.69) is 4.74 Å². The first-order valence-corrected chi connectivity index (χ1v) is 17.4. The van der Waals surface area contributed by atoms with E-state index in [-0.39, 0.29) is 76.2 Å². The Balaban J connectivity index is 1.31. The highest BCUT2D eigenvalue weighted by Crippen LogP contribution is 2.39. The van der Waals surface area contributed by atoms with Crippen LogP contribution in [0.4, 0.5) is 14.5 Å². The van der Waals surface area contributed by atoms with Crippen molar-refractivity contribution < 1.29 is 45.7 Å². The van der Waals surface area contributed by atoms with Crippen LogP contribution in [0, 0.1) is 11.1 Å². The van der Waals surface area contributed by atoms with E-state index in [4.69, 9.17) is 32.7 Å². The van der Waals surface area contributed by atoms with Crippen LogP contribution in [0.25, 0.3) is 0 Å². The Labute approximate surface area is 285 Å².